The Morgan fingerprint density at radius 3 is 2.83 bits per heavy atom. The quantitative estimate of drug-likeness (QED) is 0.674. The summed E-state index contributed by atoms with van der Waals surface area (Å²) in [5.41, 5.74) is 5.80. The molecule has 0 aliphatic heterocycles. The van der Waals surface area contributed by atoms with Crippen LogP contribution in [-0.4, -0.2) is 15.9 Å². The highest BCUT2D eigenvalue weighted by Gasteiger charge is 2.17. The van der Waals surface area contributed by atoms with Gasteiger partial charge in [-0.3, -0.25) is 4.79 Å². The summed E-state index contributed by atoms with van der Waals surface area (Å²) in [5, 5.41) is 4.49. The Labute approximate surface area is 117 Å². The van der Waals surface area contributed by atoms with E-state index in [1.54, 1.807) is 6.07 Å². The summed E-state index contributed by atoms with van der Waals surface area (Å²) in [5.74, 6) is -0.166. The molecule has 0 aromatic carbocycles. The van der Waals surface area contributed by atoms with Gasteiger partial charge < -0.3 is 11.1 Å². The van der Waals surface area contributed by atoms with Crippen LogP contribution >= 0.6 is 34.5 Å². The van der Waals surface area contributed by atoms with Crippen LogP contribution in [0.2, 0.25) is 10.4 Å². The van der Waals surface area contributed by atoms with E-state index < -0.39 is 6.04 Å². The van der Waals surface area contributed by atoms with Crippen LogP contribution in [0, 0.1) is 0 Å². The molecule has 0 fully saturated rings. The minimum Gasteiger partial charge on any atom is -0.316 e. The predicted molar refractivity (Wildman–Crippen MR) is 71.9 cm³/mol. The summed E-state index contributed by atoms with van der Waals surface area (Å²) < 4.78 is 0. The number of amides is 1. The number of halogens is 2. The molecule has 0 aliphatic rings. The van der Waals surface area contributed by atoms with Crippen molar-refractivity contribution in [1.29, 1.82) is 0 Å². The molecule has 5 nitrogen and oxygen atoms in total. The molecule has 0 spiro atoms. The molecule has 2 rings (SSSR count). The van der Waals surface area contributed by atoms with Crippen LogP contribution in [0.5, 0.6) is 0 Å². The molecule has 94 valence electrons. The summed E-state index contributed by atoms with van der Waals surface area (Å²) in [4.78, 5) is 20.1. The molecule has 1 unspecified atom stereocenters. The molecule has 0 saturated heterocycles. The van der Waals surface area contributed by atoms with Gasteiger partial charge in [-0.2, -0.15) is 0 Å². The van der Waals surface area contributed by atoms with Gasteiger partial charge in [-0.15, -0.1) is 11.3 Å². The second-order valence-corrected chi connectivity index (χ2v) is 5.03. The number of rotatable bonds is 3. The maximum atomic E-state index is 11.9. The molecular formula is C10H8Cl2N4OS. The molecule has 8 heteroatoms. The molecule has 2 aromatic rings. The monoisotopic (exact) mass is 302 g/mol. The Bertz CT molecular complexity index is 541. The number of nitrogens with one attached hydrogen (secondary N) is 1. The van der Waals surface area contributed by atoms with E-state index in [1.165, 1.54) is 17.4 Å². The molecule has 3 N–H and O–H groups in total. The smallest absolute Gasteiger partial charge is 0.247 e. The Kier molecular flexibility index (Phi) is 4.13. The largest absolute Gasteiger partial charge is 0.316 e. The van der Waals surface area contributed by atoms with E-state index in [1.807, 2.05) is 11.4 Å². The zero-order chi connectivity index (χ0) is 13.1. The van der Waals surface area contributed by atoms with E-state index in [0.717, 1.165) is 4.88 Å². The SMILES string of the molecule is NC(C(=O)Nc1cc(Cl)nc(Cl)n1)c1cccs1. The average Bonchev–Trinajstić information content (AvgIpc) is 2.79. The van der Waals surface area contributed by atoms with E-state index in [4.69, 9.17) is 28.9 Å². The van der Waals surface area contributed by atoms with Crippen molar-refractivity contribution in [2.24, 2.45) is 5.73 Å². The predicted octanol–water partition coefficient (Wildman–Crippen LogP) is 2.48. The third-order valence-electron chi connectivity index (χ3n) is 2.05. The summed E-state index contributed by atoms with van der Waals surface area (Å²) in [6, 6.07) is 4.25. The highest BCUT2D eigenvalue weighted by atomic mass is 35.5. The van der Waals surface area contributed by atoms with Gasteiger partial charge in [0.15, 0.2) is 0 Å². The lowest BCUT2D eigenvalue weighted by atomic mass is 10.2. The fourth-order valence-corrected chi connectivity index (χ4v) is 2.39. The van der Waals surface area contributed by atoms with Crippen molar-refractivity contribution in [2.45, 2.75) is 6.04 Å². The zero-order valence-corrected chi connectivity index (χ0v) is 11.3. The Morgan fingerprint density at radius 1 is 1.44 bits per heavy atom. The first-order chi connectivity index (χ1) is 8.56. The zero-order valence-electron chi connectivity index (χ0n) is 8.93. The van der Waals surface area contributed by atoms with E-state index in [9.17, 15) is 4.79 Å². The minimum absolute atomic E-state index is 0.0394. The normalized spacial score (nSPS) is 12.2. The third-order valence-corrected chi connectivity index (χ3v) is 3.37. The number of nitrogens with two attached hydrogens (primary N) is 1. The lowest BCUT2D eigenvalue weighted by Crippen LogP contribution is -2.27. The van der Waals surface area contributed by atoms with Gasteiger partial charge in [0.2, 0.25) is 11.2 Å². The Morgan fingerprint density at radius 2 is 2.22 bits per heavy atom. The number of carbonyl (C=O) groups is 1. The maximum Gasteiger partial charge on any atom is 0.247 e. The van der Waals surface area contributed by atoms with Crippen molar-refractivity contribution in [3.05, 3.63) is 38.9 Å². The maximum absolute atomic E-state index is 11.9. The summed E-state index contributed by atoms with van der Waals surface area (Å²) >= 11 is 12.7. The van der Waals surface area contributed by atoms with Crippen molar-refractivity contribution < 1.29 is 4.79 Å². The van der Waals surface area contributed by atoms with Crippen LogP contribution in [0.3, 0.4) is 0 Å². The average molecular weight is 303 g/mol. The Hall–Kier alpha value is -1.21. The van der Waals surface area contributed by atoms with Crippen molar-refractivity contribution in [2.75, 3.05) is 5.32 Å². The summed E-state index contributed by atoms with van der Waals surface area (Å²) in [7, 11) is 0. The van der Waals surface area contributed by atoms with Gasteiger partial charge >= 0.3 is 0 Å². The Balaban J connectivity index is 2.11. The number of thiophene rings is 1. The number of aromatic nitrogens is 2. The first kappa shape index (κ1) is 13.2. The molecule has 1 amide bonds. The van der Waals surface area contributed by atoms with Gasteiger partial charge in [-0.05, 0) is 23.0 Å². The van der Waals surface area contributed by atoms with Gasteiger partial charge in [0, 0.05) is 10.9 Å². The van der Waals surface area contributed by atoms with Crippen LogP contribution < -0.4 is 11.1 Å². The number of hydrogen-bond acceptors (Lipinski definition) is 5. The first-order valence-electron chi connectivity index (χ1n) is 4.86. The molecule has 0 saturated carbocycles. The number of hydrogen-bond donors (Lipinski definition) is 2. The van der Waals surface area contributed by atoms with Crippen molar-refractivity contribution in [3.63, 3.8) is 0 Å². The van der Waals surface area contributed by atoms with E-state index in [0.29, 0.717) is 0 Å². The highest BCUT2D eigenvalue weighted by molar-refractivity contribution is 7.10. The highest BCUT2D eigenvalue weighted by Crippen LogP contribution is 2.19. The molecule has 2 heterocycles. The van der Waals surface area contributed by atoms with Crippen molar-refractivity contribution in [1.82, 2.24) is 9.97 Å². The number of anilines is 1. The topological polar surface area (TPSA) is 80.9 Å². The number of carbonyl (C=O) groups excluding carboxylic acids is 1. The van der Waals surface area contributed by atoms with Gasteiger partial charge in [0.05, 0.1) is 0 Å². The lowest BCUT2D eigenvalue weighted by Gasteiger charge is -2.10. The van der Waals surface area contributed by atoms with Gasteiger partial charge in [0.25, 0.3) is 0 Å². The van der Waals surface area contributed by atoms with Gasteiger partial charge in [-0.1, -0.05) is 17.7 Å². The molecule has 18 heavy (non-hydrogen) atoms. The fourth-order valence-electron chi connectivity index (χ4n) is 1.26. The molecule has 0 radical (unpaired) electrons. The lowest BCUT2D eigenvalue weighted by molar-refractivity contribution is -0.117. The van der Waals surface area contributed by atoms with Crippen molar-refractivity contribution >= 4 is 46.3 Å². The molecule has 0 bridgehead atoms. The standard InChI is InChI=1S/C10H8Cl2N4OS/c11-6-4-7(16-10(12)14-6)15-9(17)8(13)5-2-1-3-18-5/h1-4,8H,13H2,(H,14,15,16,17). The van der Waals surface area contributed by atoms with Crippen LogP contribution in [0.1, 0.15) is 10.9 Å². The second-order valence-electron chi connectivity index (χ2n) is 3.33. The fraction of sp³-hybridized carbons (Fsp3) is 0.100. The van der Waals surface area contributed by atoms with Crippen LogP contribution in [0.4, 0.5) is 5.82 Å². The summed E-state index contributed by atoms with van der Waals surface area (Å²) in [6.45, 7) is 0. The van der Waals surface area contributed by atoms with Crippen LogP contribution in [0.25, 0.3) is 0 Å². The van der Waals surface area contributed by atoms with Gasteiger partial charge in [-0.25, -0.2) is 9.97 Å². The van der Waals surface area contributed by atoms with E-state index >= 15 is 0 Å². The number of nitrogens with zero attached hydrogens (tertiary/aromatic N) is 2. The molecule has 1 atom stereocenters. The minimum atomic E-state index is -0.752. The van der Waals surface area contributed by atoms with Gasteiger partial charge in [0.1, 0.15) is 17.0 Å². The van der Waals surface area contributed by atoms with Crippen LogP contribution in [0.15, 0.2) is 23.6 Å². The van der Waals surface area contributed by atoms with E-state index in [-0.39, 0.29) is 22.2 Å². The molecule has 0 aliphatic carbocycles. The third kappa shape index (κ3) is 3.17. The van der Waals surface area contributed by atoms with E-state index in [2.05, 4.69) is 15.3 Å². The van der Waals surface area contributed by atoms with Crippen molar-refractivity contribution in [3.8, 4) is 0 Å². The molecular weight excluding hydrogens is 295 g/mol. The van der Waals surface area contributed by atoms with Crippen LogP contribution in [-0.2, 0) is 4.79 Å². The molecule has 2 aromatic heterocycles. The second kappa shape index (κ2) is 5.62. The first-order valence-corrected chi connectivity index (χ1v) is 6.50. The summed E-state index contributed by atoms with van der Waals surface area (Å²) in [6.07, 6.45) is 0.